The highest BCUT2D eigenvalue weighted by molar-refractivity contribution is 6.02. The summed E-state index contributed by atoms with van der Waals surface area (Å²) < 4.78 is 7.07. The van der Waals surface area contributed by atoms with E-state index in [1.165, 1.54) is 16.2 Å². The number of rotatable bonds is 5. The van der Waals surface area contributed by atoms with Gasteiger partial charge in [-0.05, 0) is 42.3 Å². The molecule has 0 atom stereocenters. The second-order valence-electron chi connectivity index (χ2n) is 5.44. The lowest BCUT2D eigenvalue weighted by Gasteiger charge is -2.04. The Labute approximate surface area is 139 Å². The van der Waals surface area contributed by atoms with E-state index in [9.17, 15) is 9.59 Å². The molecule has 5 nitrogen and oxygen atoms in total. The van der Waals surface area contributed by atoms with Crippen LogP contribution in [0, 0.1) is 0 Å². The number of aryl methyl sites for hydroxylation is 1. The van der Waals surface area contributed by atoms with Gasteiger partial charge in [-0.2, -0.15) is 0 Å². The van der Waals surface area contributed by atoms with E-state index in [2.05, 4.69) is 12.2 Å². The first-order valence-corrected chi connectivity index (χ1v) is 7.80. The van der Waals surface area contributed by atoms with Gasteiger partial charge in [0.2, 0.25) is 0 Å². The molecule has 0 bridgehead atoms. The molecule has 0 fully saturated rings. The van der Waals surface area contributed by atoms with Gasteiger partial charge in [-0.25, -0.2) is 0 Å². The van der Waals surface area contributed by atoms with Gasteiger partial charge >= 0.3 is 0 Å². The molecule has 0 aliphatic heterocycles. The van der Waals surface area contributed by atoms with Crippen molar-refractivity contribution < 1.29 is 9.21 Å². The van der Waals surface area contributed by atoms with Crippen LogP contribution in [-0.2, 0) is 13.0 Å². The Kier molecular flexibility index (Phi) is 4.61. The SMILES string of the molecule is CCc1ccc(NC(=O)c2ccc(Cn3ccccc3=O)o2)cc1. The second kappa shape index (κ2) is 7.00. The number of nitrogens with one attached hydrogen (secondary N) is 1. The average molecular weight is 322 g/mol. The number of nitrogens with zero attached hydrogens (tertiary/aromatic N) is 1. The molecule has 0 unspecified atom stereocenters. The summed E-state index contributed by atoms with van der Waals surface area (Å²) in [5.74, 6) is 0.453. The van der Waals surface area contributed by atoms with Crippen LogP contribution in [0.4, 0.5) is 5.69 Å². The van der Waals surface area contributed by atoms with Crippen molar-refractivity contribution in [3.63, 3.8) is 0 Å². The smallest absolute Gasteiger partial charge is 0.291 e. The highest BCUT2D eigenvalue weighted by Crippen LogP contribution is 2.14. The summed E-state index contributed by atoms with van der Waals surface area (Å²) in [6.45, 7) is 2.37. The zero-order chi connectivity index (χ0) is 16.9. The van der Waals surface area contributed by atoms with Crippen molar-refractivity contribution in [2.75, 3.05) is 5.32 Å². The molecular formula is C19H18N2O3. The molecule has 0 spiro atoms. The largest absolute Gasteiger partial charge is 0.454 e. The average Bonchev–Trinajstić information content (AvgIpc) is 3.06. The molecule has 24 heavy (non-hydrogen) atoms. The molecule has 5 heteroatoms. The molecular weight excluding hydrogens is 304 g/mol. The van der Waals surface area contributed by atoms with E-state index in [0.717, 1.165) is 12.1 Å². The predicted molar refractivity (Wildman–Crippen MR) is 92.3 cm³/mol. The molecule has 122 valence electrons. The van der Waals surface area contributed by atoms with Gasteiger partial charge in [-0.1, -0.05) is 25.1 Å². The van der Waals surface area contributed by atoms with E-state index < -0.39 is 0 Å². The molecule has 0 saturated carbocycles. The monoisotopic (exact) mass is 322 g/mol. The molecule has 1 amide bonds. The van der Waals surface area contributed by atoms with Crippen LogP contribution >= 0.6 is 0 Å². The van der Waals surface area contributed by atoms with Crippen molar-refractivity contribution in [2.24, 2.45) is 0 Å². The zero-order valence-electron chi connectivity index (χ0n) is 13.4. The van der Waals surface area contributed by atoms with Crippen molar-refractivity contribution in [3.05, 3.63) is 88.2 Å². The number of hydrogen-bond donors (Lipinski definition) is 1. The Balaban J connectivity index is 1.69. The third-order valence-corrected chi connectivity index (χ3v) is 3.73. The number of pyridine rings is 1. The minimum Gasteiger partial charge on any atom is -0.454 e. The Morgan fingerprint density at radius 1 is 1.08 bits per heavy atom. The van der Waals surface area contributed by atoms with Gasteiger partial charge in [0.05, 0.1) is 6.54 Å². The molecule has 0 aliphatic rings. The fourth-order valence-electron chi connectivity index (χ4n) is 2.36. The summed E-state index contributed by atoms with van der Waals surface area (Å²) in [5.41, 5.74) is 1.81. The van der Waals surface area contributed by atoms with E-state index >= 15 is 0 Å². The van der Waals surface area contributed by atoms with Crippen LogP contribution in [-0.4, -0.2) is 10.5 Å². The van der Waals surface area contributed by atoms with Crippen LogP contribution in [0.1, 0.15) is 28.8 Å². The second-order valence-corrected chi connectivity index (χ2v) is 5.44. The maximum Gasteiger partial charge on any atom is 0.291 e. The Bertz CT molecular complexity index is 891. The topological polar surface area (TPSA) is 64.2 Å². The lowest BCUT2D eigenvalue weighted by molar-refractivity contribution is 0.0994. The number of carbonyl (C=O) groups is 1. The van der Waals surface area contributed by atoms with Crippen molar-refractivity contribution >= 4 is 11.6 Å². The lowest BCUT2D eigenvalue weighted by Crippen LogP contribution is -2.18. The van der Waals surface area contributed by atoms with Crippen LogP contribution in [0.15, 0.2) is 70.0 Å². The third-order valence-electron chi connectivity index (χ3n) is 3.73. The van der Waals surface area contributed by atoms with Gasteiger partial charge in [-0.3, -0.25) is 9.59 Å². The number of amides is 1. The number of carbonyl (C=O) groups excluding carboxylic acids is 1. The van der Waals surface area contributed by atoms with Gasteiger partial charge in [0.15, 0.2) is 5.76 Å². The van der Waals surface area contributed by atoms with E-state index in [1.54, 1.807) is 30.5 Å². The van der Waals surface area contributed by atoms with Crippen molar-refractivity contribution in [1.29, 1.82) is 0 Å². The van der Waals surface area contributed by atoms with E-state index in [4.69, 9.17) is 4.42 Å². The molecule has 0 radical (unpaired) electrons. The van der Waals surface area contributed by atoms with Crippen LogP contribution in [0.2, 0.25) is 0 Å². The summed E-state index contributed by atoms with van der Waals surface area (Å²) >= 11 is 0. The summed E-state index contributed by atoms with van der Waals surface area (Å²) in [7, 11) is 0. The first kappa shape index (κ1) is 15.8. The molecule has 1 aromatic carbocycles. The standard InChI is InChI=1S/C19H18N2O3/c1-2-14-6-8-15(9-7-14)20-19(23)17-11-10-16(24-17)13-21-12-4-3-5-18(21)22/h3-12H,2,13H2,1H3,(H,20,23). The first-order valence-electron chi connectivity index (χ1n) is 7.80. The van der Waals surface area contributed by atoms with Crippen molar-refractivity contribution in [3.8, 4) is 0 Å². The molecule has 2 heterocycles. The normalized spacial score (nSPS) is 10.5. The lowest BCUT2D eigenvalue weighted by atomic mass is 10.1. The minimum atomic E-state index is -0.314. The fraction of sp³-hybridized carbons (Fsp3) is 0.158. The predicted octanol–water partition coefficient (Wildman–Crippen LogP) is 3.30. The molecule has 2 aromatic heterocycles. The number of hydrogen-bond acceptors (Lipinski definition) is 3. The fourth-order valence-corrected chi connectivity index (χ4v) is 2.36. The maximum atomic E-state index is 12.2. The Morgan fingerprint density at radius 2 is 1.88 bits per heavy atom. The quantitative estimate of drug-likeness (QED) is 0.784. The van der Waals surface area contributed by atoms with Crippen LogP contribution < -0.4 is 10.9 Å². The Hall–Kier alpha value is -3.08. The van der Waals surface area contributed by atoms with Gasteiger partial charge in [0.1, 0.15) is 5.76 Å². The minimum absolute atomic E-state index is 0.115. The summed E-state index contributed by atoms with van der Waals surface area (Å²) in [4.78, 5) is 23.9. The van der Waals surface area contributed by atoms with Gasteiger partial charge in [0.25, 0.3) is 11.5 Å². The van der Waals surface area contributed by atoms with E-state index in [1.807, 2.05) is 24.3 Å². The zero-order valence-corrected chi connectivity index (χ0v) is 13.4. The van der Waals surface area contributed by atoms with E-state index in [0.29, 0.717) is 5.76 Å². The van der Waals surface area contributed by atoms with Crippen molar-refractivity contribution in [1.82, 2.24) is 4.57 Å². The first-order chi connectivity index (χ1) is 11.7. The van der Waals surface area contributed by atoms with Crippen LogP contribution in [0.5, 0.6) is 0 Å². The molecule has 3 aromatic rings. The highest BCUT2D eigenvalue weighted by Gasteiger charge is 2.12. The Morgan fingerprint density at radius 3 is 2.58 bits per heavy atom. The van der Waals surface area contributed by atoms with Gasteiger partial charge < -0.3 is 14.3 Å². The number of anilines is 1. The van der Waals surface area contributed by atoms with Gasteiger partial charge in [0, 0.05) is 18.0 Å². The van der Waals surface area contributed by atoms with Crippen LogP contribution in [0.25, 0.3) is 0 Å². The highest BCUT2D eigenvalue weighted by atomic mass is 16.4. The van der Waals surface area contributed by atoms with Gasteiger partial charge in [-0.15, -0.1) is 0 Å². The third kappa shape index (κ3) is 3.63. The summed E-state index contributed by atoms with van der Waals surface area (Å²) in [6, 6.07) is 15.9. The number of furan rings is 1. The molecule has 3 rings (SSSR count). The van der Waals surface area contributed by atoms with Crippen molar-refractivity contribution in [2.45, 2.75) is 19.9 Å². The molecule has 0 aliphatic carbocycles. The number of aromatic nitrogens is 1. The summed E-state index contributed by atoms with van der Waals surface area (Å²) in [6.07, 6.45) is 2.63. The summed E-state index contributed by atoms with van der Waals surface area (Å²) in [5, 5.41) is 2.80. The van der Waals surface area contributed by atoms with E-state index in [-0.39, 0.29) is 23.8 Å². The molecule has 0 saturated heterocycles. The number of benzene rings is 1. The molecule has 1 N–H and O–H groups in total. The van der Waals surface area contributed by atoms with Crippen LogP contribution in [0.3, 0.4) is 0 Å². The maximum absolute atomic E-state index is 12.2.